The molecule has 0 atom stereocenters. The first-order valence-corrected chi connectivity index (χ1v) is 10.6. The van der Waals surface area contributed by atoms with E-state index >= 15 is 0 Å². The van der Waals surface area contributed by atoms with Gasteiger partial charge in [0.05, 0.1) is 11.3 Å². The third-order valence-electron chi connectivity index (χ3n) is 3.77. The van der Waals surface area contributed by atoms with Crippen molar-refractivity contribution in [1.82, 2.24) is 5.43 Å². The molecule has 0 aliphatic carbocycles. The van der Waals surface area contributed by atoms with E-state index < -0.39 is 20.9 Å². The fourth-order valence-electron chi connectivity index (χ4n) is 2.42. The Hall–Kier alpha value is -3.44. The predicted molar refractivity (Wildman–Crippen MR) is 110 cm³/mol. The highest BCUT2D eigenvalue weighted by molar-refractivity contribution is 7.94. The average molecular weight is 432 g/mol. The van der Waals surface area contributed by atoms with Crippen LogP contribution in [0.3, 0.4) is 0 Å². The van der Waals surface area contributed by atoms with Crippen LogP contribution < -0.4 is 15.6 Å². The van der Waals surface area contributed by atoms with Gasteiger partial charge in [-0.2, -0.15) is 0 Å². The number of hydrogen-bond donors (Lipinski definition) is 3. The summed E-state index contributed by atoms with van der Waals surface area (Å²) >= 11 is 1.11. The zero-order chi connectivity index (χ0) is 20.9. The van der Waals surface area contributed by atoms with Gasteiger partial charge in [0.15, 0.2) is 0 Å². The van der Waals surface area contributed by atoms with Gasteiger partial charge < -0.3 is 0 Å². The fourth-order valence-corrected chi connectivity index (χ4v) is 4.47. The third-order valence-corrected chi connectivity index (χ3v) is 6.55. The van der Waals surface area contributed by atoms with Crippen molar-refractivity contribution in [3.8, 4) is 0 Å². The zero-order valence-electron chi connectivity index (χ0n) is 14.9. The van der Waals surface area contributed by atoms with E-state index in [9.17, 15) is 23.3 Å². The number of rotatable bonds is 8. The van der Waals surface area contributed by atoms with Crippen LogP contribution in [-0.2, 0) is 21.2 Å². The maximum atomic E-state index is 12.2. The summed E-state index contributed by atoms with van der Waals surface area (Å²) in [7, 11) is -3.63. The van der Waals surface area contributed by atoms with E-state index in [2.05, 4.69) is 15.6 Å². The summed E-state index contributed by atoms with van der Waals surface area (Å²) < 4.78 is 27.1. The molecular weight excluding hydrogens is 416 g/mol. The molecule has 29 heavy (non-hydrogen) atoms. The van der Waals surface area contributed by atoms with Crippen molar-refractivity contribution in [2.45, 2.75) is 10.6 Å². The highest BCUT2D eigenvalue weighted by Gasteiger charge is 2.15. The van der Waals surface area contributed by atoms with Crippen molar-refractivity contribution in [3.63, 3.8) is 0 Å². The van der Waals surface area contributed by atoms with Gasteiger partial charge in [-0.3, -0.25) is 30.5 Å². The van der Waals surface area contributed by atoms with Crippen molar-refractivity contribution >= 4 is 44.3 Å². The second-order valence-electron chi connectivity index (χ2n) is 5.86. The largest absolute Gasteiger partial charge is 0.294 e. The molecule has 0 aliphatic rings. The second-order valence-corrected chi connectivity index (χ2v) is 8.72. The first-order chi connectivity index (χ1) is 13.8. The number of nitro benzene ring substituents is 1. The number of nitro groups is 1. The predicted octanol–water partition coefficient (Wildman–Crippen LogP) is 3.14. The lowest BCUT2D eigenvalue weighted by Crippen LogP contribution is -2.31. The number of para-hydroxylation sites is 2. The number of amides is 1. The lowest BCUT2D eigenvalue weighted by molar-refractivity contribution is -0.384. The molecule has 0 radical (unpaired) electrons. The average Bonchev–Trinajstić information content (AvgIpc) is 3.24. The quantitative estimate of drug-likeness (QED) is 0.370. The number of nitrogens with zero attached hydrogens (tertiary/aromatic N) is 1. The molecule has 1 heterocycles. The summed E-state index contributed by atoms with van der Waals surface area (Å²) in [6.07, 6.45) is 0.00554. The Morgan fingerprint density at radius 1 is 1.03 bits per heavy atom. The first kappa shape index (κ1) is 20.3. The monoisotopic (exact) mass is 432 g/mol. The maximum Gasteiger partial charge on any atom is 0.294 e. The van der Waals surface area contributed by atoms with Crippen LogP contribution in [0.15, 0.2) is 70.3 Å². The molecule has 3 N–H and O–H groups in total. The van der Waals surface area contributed by atoms with Gasteiger partial charge in [0.1, 0.15) is 9.90 Å². The van der Waals surface area contributed by atoms with Gasteiger partial charge in [0.2, 0.25) is 5.91 Å². The van der Waals surface area contributed by atoms with Crippen molar-refractivity contribution in [2.24, 2.45) is 0 Å². The Morgan fingerprint density at radius 2 is 1.76 bits per heavy atom. The van der Waals surface area contributed by atoms with Crippen LogP contribution in [0.1, 0.15) is 5.56 Å². The second kappa shape index (κ2) is 8.71. The SMILES string of the molecule is O=C(Cc1ccc(NS(=O)(=O)c2cccs2)cc1)NNc1ccccc1[N+](=O)[O-]. The first-order valence-electron chi connectivity index (χ1n) is 8.29. The highest BCUT2D eigenvalue weighted by atomic mass is 32.2. The minimum Gasteiger partial charge on any atom is -0.292 e. The molecule has 150 valence electrons. The molecule has 1 aromatic heterocycles. The molecular formula is C18H16N4O5S2. The Labute approximate surface area is 170 Å². The lowest BCUT2D eigenvalue weighted by atomic mass is 10.1. The van der Waals surface area contributed by atoms with Crippen LogP contribution in [0.2, 0.25) is 0 Å². The van der Waals surface area contributed by atoms with E-state index in [1.165, 1.54) is 24.3 Å². The molecule has 1 amide bonds. The fraction of sp³-hybridized carbons (Fsp3) is 0.0556. The van der Waals surface area contributed by atoms with Gasteiger partial charge in [-0.15, -0.1) is 11.3 Å². The van der Waals surface area contributed by atoms with E-state index in [1.807, 2.05) is 0 Å². The molecule has 9 nitrogen and oxygen atoms in total. The van der Waals surface area contributed by atoms with Crippen molar-refractivity contribution in [1.29, 1.82) is 0 Å². The summed E-state index contributed by atoms with van der Waals surface area (Å²) in [5, 5.41) is 12.6. The van der Waals surface area contributed by atoms with Crippen molar-refractivity contribution in [2.75, 3.05) is 10.1 Å². The van der Waals surface area contributed by atoms with Crippen molar-refractivity contribution < 1.29 is 18.1 Å². The number of benzene rings is 2. The van der Waals surface area contributed by atoms with Gasteiger partial charge in [-0.05, 0) is 35.2 Å². The van der Waals surface area contributed by atoms with Gasteiger partial charge in [0, 0.05) is 11.8 Å². The Bertz CT molecular complexity index is 1110. The van der Waals surface area contributed by atoms with E-state index in [0.717, 1.165) is 11.3 Å². The standard InChI is InChI=1S/C18H16N4O5S2/c23-17(20-19-15-4-1-2-5-16(15)22(24)25)12-13-7-9-14(10-8-13)21-29(26,27)18-6-3-11-28-18/h1-11,19,21H,12H2,(H,20,23). The maximum absolute atomic E-state index is 12.2. The number of carbonyl (C=O) groups is 1. The van der Waals surface area contributed by atoms with Crippen LogP contribution in [0.25, 0.3) is 0 Å². The summed E-state index contributed by atoms with van der Waals surface area (Å²) in [4.78, 5) is 22.5. The molecule has 0 bridgehead atoms. The van der Waals surface area contributed by atoms with Crippen LogP contribution in [-0.4, -0.2) is 19.2 Å². The minimum absolute atomic E-state index is 0.00554. The number of hydrazine groups is 1. The van der Waals surface area contributed by atoms with Crippen LogP contribution in [0.4, 0.5) is 17.1 Å². The molecule has 0 saturated heterocycles. The highest BCUT2D eigenvalue weighted by Crippen LogP contribution is 2.22. The number of hydrogen-bond acceptors (Lipinski definition) is 7. The van der Waals surface area contributed by atoms with Crippen LogP contribution in [0, 0.1) is 10.1 Å². The molecule has 3 rings (SSSR count). The third kappa shape index (κ3) is 5.30. The van der Waals surface area contributed by atoms with E-state index in [1.54, 1.807) is 41.8 Å². The van der Waals surface area contributed by atoms with Crippen LogP contribution >= 0.6 is 11.3 Å². The van der Waals surface area contributed by atoms with Crippen molar-refractivity contribution in [3.05, 3.63) is 81.7 Å². The number of nitrogens with one attached hydrogen (secondary N) is 3. The van der Waals surface area contributed by atoms with Gasteiger partial charge in [-0.1, -0.05) is 30.3 Å². The molecule has 0 unspecified atom stereocenters. The summed E-state index contributed by atoms with van der Waals surface area (Å²) in [6, 6.07) is 15.5. The summed E-state index contributed by atoms with van der Waals surface area (Å²) in [5.41, 5.74) is 5.98. The zero-order valence-corrected chi connectivity index (χ0v) is 16.5. The number of carbonyl (C=O) groups excluding carboxylic acids is 1. The molecule has 0 saturated carbocycles. The molecule has 0 aliphatic heterocycles. The Balaban J connectivity index is 1.57. The minimum atomic E-state index is -3.63. The van der Waals surface area contributed by atoms with Gasteiger partial charge >= 0.3 is 0 Å². The topological polar surface area (TPSA) is 130 Å². The Morgan fingerprint density at radius 3 is 2.41 bits per heavy atom. The number of thiophene rings is 1. The summed E-state index contributed by atoms with van der Waals surface area (Å²) in [6.45, 7) is 0. The lowest BCUT2D eigenvalue weighted by Gasteiger charge is -2.10. The van der Waals surface area contributed by atoms with Gasteiger partial charge in [-0.25, -0.2) is 8.42 Å². The van der Waals surface area contributed by atoms with Crippen LogP contribution in [0.5, 0.6) is 0 Å². The number of sulfonamides is 1. The van der Waals surface area contributed by atoms with Gasteiger partial charge in [0.25, 0.3) is 15.7 Å². The molecule has 0 spiro atoms. The molecule has 0 fully saturated rings. The normalized spacial score (nSPS) is 10.9. The van der Waals surface area contributed by atoms with E-state index in [0.29, 0.717) is 11.3 Å². The number of anilines is 2. The summed E-state index contributed by atoms with van der Waals surface area (Å²) in [5.74, 6) is -0.407. The van der Waals surface area contributed by atoms with E-state index in [-0.39, 0.29) is 22.0 Å². The molecule has 3 aromatic rings. The molecule has 11 heteroatoms. The smallest absolute Gasteiger partial charge is 0.292 e. The Kier molecular flexibility index (Phi) is 6.10. The van der Waals surface area contributed by atoms with E-state index in [4.69, 9.17) is 0 Å². The molecule has 2 aromatic carbocycles.